The minimum absolute atomic E-state index is 0. The molecule has 1 heterocycles. The fourth-order valence-corrected chi connectivity index (χ4v) is 16.4. The summed E-state index contributed by atoms with van der Waals surface area (Å²) in [6, 6.07) is 0. The van der Waals surface area contributed by atoms with Gasteiger partial charge in [-0.25, -0.2) is 0 Å². The van der Waals surface area contributed by atoms with Crippen molar-refractivity contribution in [1.82, 2.24) is 0 Å². The Kier molecular flexibility index (Phi) is 2.80. The first-order chi connectivity index (χ1) is 4.77. The summed E-state index contributed by atoms with van der Waals surface area (Å²) in [6.45, 7) is 4.67. The summed E-state index contributed by atoms with van der Waals surface area (Å²) in [5, 5.41) is 0.412. The molecular formula is C5H12O3P3Rf-. The molecule has 1 aliphatic heterocycles. The summed E-state index contributed by atoms with van der Waals surface area (Å²) in [5.74, 6) is 0.291. The van der Waals surface area contributed by atoms with E-state index in [1.807, 2.05) is 0 Å². The van der Waals surface area contributed by atoms with Crippen LogP contribution in [0.1, 0.15) is 0 Å². The number of rotatable bonds is 1. The zero-order valence-corrected chi connectivity index (χ0v) is 16.7. The molecule has 3 atom stereocenters. The molecule has 12 heavy (non-hydrogen) atoms. The Morgan fingerprint density at radius 1 is 1.25 bits per heavy atom. The number of hydrogen-bond acceptors (Lipinski definition) is 3. The second kappa shape index (κ2) is 2.87. The van der Waals surface area contributed by atoms with E-state index in [0.717, 1.165) is 0 Å². The van der Waals surface area contributed by atoms with Crippen molar-refractivity contribution in [2.45, 2.75) is 0 Å². The van der Waals surface area contributed by atoms with Crippen molar-refractivity contribution in [3.05, 3.63) is 5.14 Å². The molecule has 0 radical (unpaired) electrons. The van der Waals surface area contributed by atoms with Crippen LogP contribution in [-0.4, -0.2) is 25.9 Å². The predicted molar refractivity (Wildman–Crippen MR) is 50.1 cm³/mol. The van der Waals surface area contributed by atoms with Crippen LogP contribution in [0.25, 0.3) is 0 Å². The molecule has 3 unspecified atom stereocenters. The minimum Gasteiger partial charge on any atom is -0.360 e. The molecule has 0 aromatic carbocycles. The smallest absolute Gasteiger partial charge is 0.00411 e. The SMILES string of the molecule is C[PH](=O)[C-]1P(C)(=O)CP1(C)=O.[Rf]. The summed E-state index contributed by atoms with van der Waals surface area (Å²) in [7, 11) is -6.68. The molecule has 0 bridgehead atoms. The molecule has 3 nitrogen and oxygen atoms in total. The summed E-state index contributed by atoms with van der Waals surface area (Å²) in [5.41, 5.74) is 0. The van der Waals surface area contributed by atoms with E-state index in [0.29, 0.717) is 11.0 Å². The molecule has 1 saturated heterocycles. The largest absolute Gasteiger partial charge is 0.360 e. The van der Waals surface area contributed by atoms with Crippen molar-refractivity contribution in [3.63, 3.8) is 0 Å². The van der Waals surface area contributed by atoms with Gasteiger partial charge in [0.1, 0.15) is 0 Å². The van der Waals surface area contributed by atoms with Crippen LogP contribution in [0.4, 0.5) is 0 Å². The van der Waals surface area contributed by atoms with E-state index in [2.05, 4.69) is 0 Å². The quantitative estimate of drug-likeness (QED) is 0.429. The Balaban J connectivity index is 0.00000121. The molecule has 0 aromatic heterocycles. The van der Waals surface area contributed by atoms with Crippen LogP contribution in [0, 0.1) is 5.14 Å². The van der Waals surface area contributed by atoms with Crippen LogP contribution in [0.3, 0.4) is 0 Å². The molecule has 1 aliphatic rings. The van der Waals surface area contributed by atoms with Crippen LogP contribution in [0.2, 0.25) is 0 Å². The van der Waals surface area contributed by atoms with Gasteiger partial charge in [0.2, 0.25) is 0 Å². The minimum atomic E-state index is -2.37. The van der Waals surface area contributed by atoms with E-state index >= 15 is 0 Å². The maximum atomic E-state index is 11.5. The Bertz CT molecular complexity index is 278. The van der Waals surface area contributed by atoms with Crippen molar-refractivity contribution < 1.29 is 13.7 Å². The van der Waals surface area contributed by atoms with Gasteiger partial charge in [-0.2, -0.15) is 0 Å². The van der Waals surface area contributed by atoms with E-state index in [1.54, 1.807) is 13.3 Å². The summed E-state index contributed by atoms with van der Waals surface area (Å²) in [6.07, 6.45) is 0. The van der Waals surface area contributed by atoms with E-state index in [9.17, 15) is 13.7 Å². The summed E-state index contributed by atoms with van der Waals surface area (Å²) in [4.78, 5) is 0. The first-order valence-electron chi connectivity index (χ1n) is 3.29. The fraction of sp³-hybridized carbons (Fsp3) is 0.800. The first kappa shape index (κ1) is 11.7. The average molecular weight is 480 g/mol. The van der Waals surface area contributed by atoms with E-state index in [1.165, 1.54) is 6.66 Å². The fourth-order valence-electron chi connectivity index (χ4n) is 1.68. The van der Waals surface area contributed by atoms with Gasteiger partial charge in [0, 0.05) is 5.90 Å². The molecule has 0 saturated carbocycles. The Labute approximate surface area is 67.5 Å². The van der Waals surface area contributed by atoms with Crippen LogP contribution in [0.15, 0.2) is 0 Å². The maximum absolute atomic E-state index is 11.5. The van der Waals surface area contributed by atoms with Gasteiger partial charge in [0.15, 0.2) is 0 Å². The monoisotopic (exact) mass is 480 g/mol. The van der Waals surface area contributed by atoms with E-state index in [4.69, 9.17) is 0 Å². The van der Waals surface area contributed by atoms with Crippen LogP contribution >= 0.6 is 22.1 Å². The van der Waals surface area contributed by atoms with Gasteiger partial charge in [0.25, 0.3) is 0 Å². The molecule has 0 N–H and O–H groups in total. The van der Waals surface area contributed by atoms with Gasteiger partial charge >= 0.3 is 0 Å². The summed E-state index contributed by atoms with van der Waals surface area (Å²) < 4.78 is 34.0. The molecular weight excluding hydrogens is 468 g/mol. The Morgan fingerprint density at radius 2 is 1.58 bits per heavy atom. The Morgan fingerprint density at radius 3 is 1.67 bits per heavy atom. The van der Waals surface area contributed by atoms with Gasteiger partial charge in [-0.05, 0) is 42.1 Å². The molecule has 0 aromatic rings. The van der Waals surface area contributed by atoms with E-state index in [-0.39, 0.29) is 0 Å². The van der Waals surface area contributed by atoms with Gasteiger partial charge in [0.05, 0.1) is 0 Å². The van der Waals surface area contributed by atoms with Gasteiger partial charge < -0.3 is 13.7 Å². The zero-order valence-electron chi connectivity index (χ0n) is 7.53. The van der Waals surface area contributed by atoms with Crippen LogP contribution in [-0.2, 0) is 13.7 Å². The average Bonchev–Trinajstić information content (AvgIpc) is 1.53. The molecule has 0 aliphatic carbocycles. The topological polar surface area (TPSA) is 51.2 Å². The van der Waals surface area contributed by atoms with Crippen molar-refractivity contribution in [2.75, 3.05) is 25.9 Å². The molecule has 68 valence electrons. The first-order valence-corrected chi connectivity index (χ1v) is 9.88. The number of hydrogen-bond donors (Lipinski definition) is 0. The molecule has 7 heteroatoms. The normalized spacial score (nSPS) is 44.2. The maximum Gasteiger partial charge on any atom is 0.00411 e. The third kappa shape index (κ3) is 1.56. The molecule has 0 spiro atoms. The zero-order chi connectivity index (χ0) is 8.86. The standard InChI is InChI=1S/C5H12O3P3.Rf/c1-9(6)5-10(2,7)4-11(5,3)8;/h9H,4H2,1-3H3;/q-1;. The van der Waals surface area contributed by atoms with Crippen molar-refractivity contribution >= 4 is 22.1 Å². The van der Waals surface area contributed by atoms with Gasteiger partial charge in [-0.1, -0.05) is 0 Å². The predicted octanol–water partition coefficient (Wildman–Crippen LogP) is 2.58. The van der Waals surface area contributed by atoms with Gasteiger partial charge in [-0.15, -0.1) is 5.14 Å². The van der Waals surface area contributed by atoms with E-state index < -0.39 is 22.1 Å². The molecule has 0 amide bonds. The second-order valence-corrected chi connectivity index (χ2v) is 12.5. The summed E-state index contributed by atoms with van der Waals surface area (Å²) >= 11 is 0. The van der Waals surface area contributed by atoms with Crippen molar-refractivity contribution in [1.29, 1.82) is 0 Å². The molecule has 1 rings (SSSR count). The molecule has 1 fully saturated rings. The second-order valence-electron chi connectivity index (χ2n) is 3.22. The third-order valence-electron chi connectivity index (χ3n) is 1.75. The third-order valence-corrected chi connectivity index (χ3v) is 15.8. The van der Waals surface area contributed by atoms with Gasteiger partial charge in [-0.3, -0.25) is 0 Å². The van der Waals surface area contributed by atoms with Crippen molar-refractivity contribution in [3.8, 4) is 0 Å². The van der Waals surface area contributed by atoms with Crippen LogP contribution < -0.4 is 0 Å². The van der Waals surface area contributed by atoms with Crippen LogP contribution in [0.5, 0.6) is 0 Å². The Hall–Kier alpha value is -0.310. The van der Waals surface area contributed by atoms with Crippen molar-refractivity contribution in [2.24, 2.45) is 0 Å².